The SMILES string of the molecule is Cc1c(NC(=O)NC2CCCN(c3ncccn3)C2)cccc1[N+](=O)[O-]. The van der Waals surface area contributed by atoms with Crippen molar-refractivity contribution in [1.29, 1.82) is 0 Å². The predicted octanol–water partition coefficient (Wildman–Crippen LogP) is 2.48. The van der Waals surface area contributed by atoms with Crippen LogP contribution in [0, 0.1) is 17.0 Å². The lowest BCUT2D eigenvalue weighted by Crippen LogP contribution is -2.49. The van der Waals surface area contributed by atoms with Crippen LogP contribution in [0.3, 0.4) is 0 Å². The van der Waals surface area contributed by atoms with Crippen LogP contribution in [0.4, 0.5) is 22.1 Å². The Morgan fingerprint density at radius 1 is 1.31 bits per heavy atom. The number of aromatic nitrogens is 2. The maximum Gasteiger partial charge on any atom is 0.319 e. The van der Waals surface area contributed by atoms with E-state index in [4.69, 9.17) is 0 Å². The standard InChI is InChI=1S/C17H20N6O3/c1-12-14(6-2-7-15(12)23(25)26)21-17(24)20-13-5-3-10-22(11-13)16-18-8-4-9-19-16/h2,4,6-9,13H,3,5,10-11H2,1H3,(H2,20,21,24). The average Bonchev–Trinajstić information content (AvgIpc) is 2.64. The van der Waals surface area contributed by atoms with Crippen LogP contribution >= 0.6 is 0 Å². The molecule has 2 amide bonds. The Balaban J connectivity index is 1.62. The molecule has 1 unspecified atom stereocenters. The summed E-state index contributed by atoms with van der Waals surface area (Å²) in [6.07, 6.45) is 5.15. The number of nitrogens with zero attached hydrogens (tertiary/aromatic N) is 4. The molecule has 2 heterocycles. The van der Waals surface area contributed by atoms with E-state index in [9.17, 15) is 14.9 Å². The first kappa shape index (κ1) is 17.6. The molecule has 1 aliphatic heterocycles. The number of hydrogen-bond acceptors (Lipinski definition) is 6. The number of nitro benzene ring substituents is 1. The minimum Gasteiger partial charge on any atom is -0.339 e. The average molecular weight is 356 g/mol. The quantitative estimate of drug-likeness (QED) is 0.643. The van der Waals surface area contributed by atoms with E-state index in [1.54, 1.807) is 37.5 Å². The number of nitro groups is 1. The molecule has 136 valence electrons. The van der Waals surface area contributed by atoms with Gasteiger partial charge in [0.15, 0.2) is 0 Å². The van der Waals surface area contributed by atoms with Crippen molar-refractivity contribution in [2.45, 2.75) is 25.8 Å². The van der Waals surface area contributed by atoms with Crippen LogP contribution in [-0.2, 0) is 0 Å². The number of urea groups is 1. The van der Waals surface area contributed by atoms with Crippen molar-refractivity contribution in [1.82, 2.24) is 15.3 Å². The van der Waals surface area contributed by atoms with Crippen LogP contribution in [0.5, 0.6) is 0 Å². The molecule has 2 N–H and O–H groups in total. The van der Waals surface area contributed by atoms with Crippen molar-refractivity contribution >= 4 is 23.4 Å². The van der Waals surface area contributed by atoms with Crippen molar-refractivity contribution < 1.29 is 9.72 Å². The largest absolute Gasteiger partial charge is 0.339 e. The van der Waals surface area contributed by atoms with Gasteiger partial charge in [-0.05, 0) is 31.9 Å². The number of carbonyl (C=O) groups is 1. The summed E-state index contributed by atoms with van der Waals surface area (Å²) in [7, 11) is 0. The first-order valence-electron chi connectivity index (χ1n) is 8.38. The molecular weight excluding hydrogens is 336 g/mol. The Hall–Kier alpha value is -3.23. The third-order valence-corrected chi connectivity index (χ3v) is 4.34. The van der Waals surface area contributed by atoms with E-state index in [0.29, 0.717) is 23.7 Å². The third-order valence-electron chi connectivity index (χ3n) is 4.34. The fourth-order valence-electron chi connectivity index (χ4n) is 3.03. The monoisotopic (exact) mass is 356 g/mol. The van der Waals surface area contributed by atoms with Gasteiger partial charge < -0.3 is 15.5 Å². The van der Waals surface area contributed by atoms with Gasteiger partial charge in [0, 0.05) is 37.6 Å². The van der Waals surface area contributed by atoms with Crippen molar-refractivity contribution in [3.63, 3.8) is 0 Å². The molecular formula is C17H20N6O3. The summed E-state index contributed by atoms with van der Waals surface area (Å²) in [5.74, 6) is 0.647. The predicted molar refractivity (Wildman–Crippen MR) is 97.3 cm³/mol. The van der Waals surface area contributed by atoms with E-state index < -0.39 is 4.92 Å². The lowest BCUT2D eigenvalue weighted by molar-refractivity contribution is -0.385. The van der Waals surface area contributed by atoms with Crippen LogP contribution in [0.2, 0.25) is 0 Å². The van der Waals surface area contributed by atoms with Gasteiger partial charge >= 0.3 is 6.03 Å². The zero-order chi connectivity index (χ0) is 18.5. The number of amides is 2. The number of piperidine rings is 1. The normalized spacial score (nSPS) is 16.8. The van der Waals surface area contributed by atoms with Crippen LogP contribution in [0.1, 0.15) is 18.4 Å². The van der Waals surface area contributed by atoms with Crippen LogP contribution in [0.25, 0.3) is 0 Å². The molecule has 1 fully saturated rings. The molecule has 0 bridgehead atoms. The van der Waals surface area contributed by atoms with Crippen LogP contribution in [-0.4, -0.2) is 40.1 Å². The third kappa shape index (κ3) is 4.05. The molecule has 1 atom stereocenters. The van der Waals surface area contributed by atoms with E-state index in [1.807, 2.05) is 4.90 Å². The molecule has 1 aromatic carbocycles. The van der Waals surface area contributed by atoms with E-state index >= 15 is 0 Å². The van der Waals surface area contributed by atoms with Crippen LogP contribution in [0.15, 0.2) is 36.7 Å². The van der Waals surface area contributed by atoms with Gasteiger partial charge in [0.05, 0.1) is 16.2 Å². The minimum absolute atomic E-state index is 0.0205. The van der Waals surface area contributed by atoms with Crippen molar-refractivity contribution in [2.24, 2.45) is 0 Å². The molecule has 0 aliphatic carbocycles. The second-order valence-corrected chi connectivity index (χ2v) is 6.14. The van der Waals surface area contributed by atoms with Gasteiger partial charge in [-0.15, -0.1) is 0 Å². The number of anilines is 2. The highest BCUT2D eigenvalue weighted by Gasteiger charge is 2.23. The van der Waals surface area contributed by atoms with Crippen molar-refractivity contribution in [3.05, 3.63) is 52.3 Å². The highest BCUT2D eigenvalue weighted by molar-refractivity contribution is 5.91. The fraction of sp³-hybridized carbons (Fsp3) is 0.353. The zero-order valence-electron chi connectivity index (χ0n) is 14.4. The van der Waals surface area contributed by atoms with Crippen molar-refractivity contribution in [3.8, 4) is 0 Å². The highest BCUT2D eigenvalue weighted by atomic mass is 16.6. The fourth-order valence-corrected chi connectivity index (χ4v) is 3.03. The van der Waals surface area contributed by atoms with E-state index in [2.05, 4.69) is 20.6 Å². The molecule has 0 spiro atoms. The van der Waals surface area contributed by atoms with Gasteiger partial charge in [0.1, 0.15) is 0 Å². The Bertz CT molecular complexity index is 798. The molecule has 9 heteroatoms. The van der Waals surface area contributed by atoms with E-state index in [-0.39, 0.29) is 17.8 Å². The number of nitrogens with one attached hydrogen (secondary N) is 2. The Morgan fingerprint density at radius 3 is 2.81 bits per heavy atom. The number of carbonyl (C=O) groups excluding carboxylic acids is 1. The first-order valence-corrected chi connectivity index (χ1v) is 8.38. The highest BCUT2D eigenvalue weighted by Crippen LogP contribution is 2.25. The molecule has 3 rings (SSSR count). The van der Waals surface area contributed by atoms with Gasteiger partial charge in [0.25, 0.3) is 5.69 Å². The number of hydrogen-bond donors (Lipinski definition) is 2. The molecule has 1 saturated heterocycles. The van der Waals surface area contributed by atoms with Gasteiger partial charge in [-0.3, -0.25) is 10.1 Å². The molecule has 0 saturated carbocycles. The molecule has 0 radical (unpaired) electrons. The summed E-state index contributed by atoms with van der Waals surface area (Å²) < 4.78 is 0. The second-order valence-electron chi connectivity index (χ2n) is 6.14. The second kappa shape index (κ2) is 7.77. The smallest absolute Gasteiger partial charge is 0.319 e. The van der Waals surface area contributed by atoms with Gasteiger partial charge in [-0.2, -0.15) is 0 Å². The maximum atomic E-state index is 12.3. The molecule has 1 aromatic heterocycles. The summed E-state index contributed by atoms with van der Waals surface area (Å²) in [4.78, 5) is 33.4. The Kier molecular flexibility index (Phi) is 5.26. The Labute approximate surface area is 150 Å². The summed E-state index contributed by atoms with van der Waals surface area (Å²) in [6.45, 7) is 3.07. The summed E-state index contributed by atoms with van der Waals surface area (Å²) >= 11 is 0. The topological polar surface area (TPSA) is 113 Å². The zero-order valence-corrected chi connectivity index (χ0v) is 14.4. The molecule has 2 aromatic rings. The first-order chi connectivity index (χ1) is 12.5. The number of rotatable bonds is 4. The summed E-state index contributed by atoms with van der Waals surface area (Å²) in [6, 6.07) is 5.94. The summed E-state index contributed by atoms with van der Waals surface area (Å²) in [5.41, 5.74) is 0.833. The Morgan fingerprint density at radius 2 is 2.08 bits per heavy atom. The molecule has 26 heavy (non-hydrogen) atoms. The lowest BCUT2D eigenvalue weighted by Gasteiger charge is -2.33. The number of benzene rings is 1. The van der Waals surface area contributed by atoms with E-state index in [1.165, 1.54) is 6.07 Å². The van der Waals surface area contributed by atoms with Gasteiger partial charge in [-0.1, -0.05) is 6.07 Å². The van der Waals surface area contributed by atoms with Gasteiger partial charge in [0.2, 0.25) is 5.95 Å². The van der Waals surface area contributed by atoms with E-state index in [0.717, 1.165) is 19.4 Å². The molecule has 9 nitrogen and oxygen atoms in total. The van der Waals surface area contributed by atoms with Crippen LogP contribution < -0.4 is 15.5 Å². The maximum absolute atomic E-state index is 12.3. The van der Waals surface area contributed by atoms with Crippen molar-refractivity contribution in [2.75, 3.05) is 23.3 Å². The lowest BCUT2D eigenvalue weighted by atomic mass is 10.1. The van der Waals surface area contributed by atoms with Gasteiger partial charge in [-0.25, -0.2) is 14.8 Å². The summed E-state index contributed by atoms with van der Waals surface area (Å²) in [5, 5.41) is 16.6. The molecule has 1 aliphatic rings. The minimum atomic E-state index is -0.461.